The molecule has 0 bridgehead atoms. The summed E-state index contributed by atoms with van der Waals surface area (Å²) in [5.74, 6) is 0. The fourth-order valence-corrected chi connectivity index (χ4v) is 4.39. The van der Waals surface area contributed by atoms with Crippen LogP contribution in [0.25, 0.3) is 22.5 Å². The molecule has 1 atom stereocenters. The Kier molecular flexibility index (Phi) is 5.36. The second kappa shape index (κ2) is 8.59. The third-order valence-electron chi connectivity index (χ3n) is 5.78. The molecular formula is C25H25N5. The molecule has 0 amide bonds. The summed E-state index contributed by atoms with van der Waals surface area (Å²) >= 11 is 0. The van der Waals surface area contributed by atoms with Gasteiger partial charge in [-0.2, -0.15) is 0 Å². The van der Waals surface area contributed by atoms with E-state index in [0.29, 0.717) is 6.04 Å². The summed E-state index contributed by atoms with van der Waals surface area (Å²) < 4.78 is 2.37. The average Bonchev–Trinajstić information content (AvgIpc) is 3.26. The van der Waals surface area contributed by atoms with Crippen LogP contribution in [0.1, 0.15) is 24.4 Å². The maximum atomic E-state index is 4.85. The third-order valence-corrected chi connectivity index (χ3v) is 5.78. The third kappa shape index (κ3) is 3.89. The van der Waals surface area contributed by atoms with Crippen LogP contribution in [0.15, 0.2) is 85.7 Å². The fraction of sp³-hybridized carbons (Fsp3) is 0.240. The van der Waals surface area contributed by atoms with Crippen molar-refractivity contribution >= 4 is 0 Å². The van der Waals surface area contributed by atoms with Crippen LogP contribution in [-0.2, 0) is 6.54 Å². The Morgan fingerprint density at radius 1 is 0.867 bits per heavy atom. The number of imidazole rings is 1. The molecule has 3 aromatic heterocycles. The molecule has 1 aliphatic rings. The molecule has 0 N–H and O–H groups in total. The first-order valence-corrected chi connectivity index (χ1v) is 10.5. The predicted molar refractivity (Wildman–Crippen MR) is 119 cm³/mol. The van der Waals surface area contributed by atoms with Gasteiger partial charge in [0.15, 0.2) is 0 Å². The molecule has 4 aromatic rings. The summed E-state index contributed by atoms with van der Waals surface area (Å²) in [5, 5.41) is 0. The van der Waals surface area contributed by atoms with E-state index in [1.807, 2.05) is 49.3 Å². The lowest BCUT2D eigenvalue weighted by Crippen LogP contribution is -2.36. The van der Waals surface area contributed by atoms with Crippen LogP contribution in [0, 0.1) is 0 Å². The summed E-state index contributed by atoms with van der Waals surface area (Å²) in [6, 6.07) is 19.1. The van der Waals surface area contributed by atoms with Crippen molar-refractivity contribution < 1.29 is 0 Å². The number of likely N-dealkylation sites (tertiary alicyclic amines) is 1. The van der Waals surface area contributed by atoms with Crippen molar-refractivity contribution in [3.8, 4) is 22.5 Å². The van der Waals surface area contributed by atoms with Crippen LogP contribution < -0.4 is 0 Å². The Bertz CT molecular complexity index is 1080. The van der Waals surface area contributed by atoms with Crippen molar-refractivity contribution in [1.29, 1.82) is 0 Å². The smallest absolute Gasteiger partial charge is 0.0963 e. The average molecular weight is 396 g/mol. The predicted octanol–water partition coefficient (Wildman–Crippen LogP) is 4.84. The summed E-state index contributed by atoms with van der Waals surface area (Å²) in [4.78, 5) is 16.0. The summed E-state index contributed by atoms with van der Waals surface area (Å²) in [6.45, 7) is 3.06. The van der Waals surface area contributed by atoms with Crippen molar-refractivity contribution in [3.05, 3.63) is 91.3 Å². The molecule has 4 heterocycles. The quantitative estimate of drug-likeness (QED) is 0.485. The number of rotatable bonds is 5. The Balaban J connectivity index is 1.49. The highest BCUT2D eigenvalue weighted by molar-refractivity contribution is 5.78. The standard InChI is InChI=1S/C25H25N5/c1-2-8-21(9-3-1)24-25(22-10-5-13-27-16-22)30(19-28-24)23-11-6-14-29(18-23)17-20-7-4-12-26-15-20/h1-5,7-10,12-13,15-16,19,23H,6,11,14,17-18H2/t23-/m1/s1. The van der Waals surface area contributed by atoms with Crippen LogP contribution in [0.5, 0.6) is 0 Å². The van der Waals surface area contributed by atoms with Crippen LogP contribution >= 0.6 is 0 Å². The molecule has 1 aliphatic heterocycles. The molecule has 0 unspecified atom stereocenters. The van der Waals surface area contributed by atoms with Crippen molar-refractivity contribution in [2.75, 3.05) is 13.1 Å². The molecule has 1 aromatic carbocycles. The molecule has 5 nitrogen and oxygen atoms in total. The van der Waals surface area contributed by atoms with E-state index in [1.54, 1.807) is 0 Å². The lowest BCUT2D eigenvalue weighted by molar-refractivity contribution is 0.171. The van der Waals surface area contributed by atoms with Gasteiger partial charge in [-0.05, 0) is 43.1 Å². The zero-order valence-electron chi connectivity index (χ0n) is 16.9. The van der Waals surface area contributed by atoms with E-state index in [9.17, 15) is 0 Å². The number of aromatic nitrogens is 4. The van der Waals surface area contributed by atoms with Gasteiger partial charge in [0.2, 0.25) is 0 Å². The second-order valence-corrected chi connectivity index (χ2v) is 7.85. The molecule has 5 heteroatoms. The monoisotopic (exact) mass is 395 g/mol. The van der Waals surface area contributed by atoms with Gasteiger partial charge < -0.3 is 4.57 Å². The molecule has 0 spiro atoms. The maximum absolute atomic E-state index is 4.85. The number of hydrogen-bond donors (Lipinski definition) is 0. The van der Waals surface area contributed by atoms with Crippen molar-refractivity contribution in [3.63, 3.8) is 0 Å². The number of pyridine rings is 2. The van der Waals surface area contributed by atoms with E-state index >= 15 is 0 Å². The molecule has 30 heavy (non-hydrogen) atoms. The Labute approximate surface area is 177 Å². The zero-order chi connectivity index (χ0) is 20.2. The first-order chi connectivity index (χ1) is 14.9. The normalized spacial score (nSPS) is 17.1. The Hall–Kier alpha value is -3.31. The SMILES string of the molecule is c1ccc(-c2ncn([C@@H]3CCCN(Cc4cccnc4)C3)c2-c2cccnc2)cc1. The topological polar surface area (TPSA) is 46.8 Å². The van der Waals surface area contributed by atoms with Gasteiger partial charge in [-0.1, -0.05) is 36.4 Å². The van der Waals surface area contributed by atoms with E-state index in [4.69, 9.17) is 4.98 Å². The minimum atomic E-state index is 0.385. The van der Waals surface area contributed by atoms with Crippen LogP contribution in [0.4, 0.5) is 0 Å². The molecule has 5 rings (SSSR count). The number of hydrogen-bond acceptors (Lipinski definition) is 4. The molecule has 0 radical (unpaired) electrons. The molecule has 1 saturated heterocycles. The van der Waals surface area contributed by atoms with Gasteiger partial charge >= 0.3 is 0 Å². The number of nitrogens with zero attached hydrogens (tertiary/aromatic N) is 5. The summed E-state index contributed by atoms with van der Waals surface area (Å²) in [7, 11) is 0. The van der Waals surface area contributed by atoms with Crippen molar-refractivity contribution in [1.82, 2.24) is 24.4 Å². The van der Waals surface area contributed by atoms with E-state index in [1.165, 1.54) is 12.0 Å². The molecule has 150 valence electrons. The zero-order valence-corrected chi connectivity index (χ0v) is 16.9. The first kappa shape index (κ1) is 18.7. The van der Waals surface area contributed by atoms with Gasteiger partial charge in [0.1, 0.15) is 0 Å². The second-order valence-electron chi connectivity index (χ2n) is 7.85. The van der Waals surface area contributed by atoms with E-state index in [2.05, 4.69) is 55.8 Å². The first-order valence-electron chi connectivity index (χ1n) is 10.5. The summed E-state index contributed by atoms with van der Waals surface area (Å²) in [6.07, 6.45) is 11.9. The van der Waals surface area contributed by atoms with E-state index in [-0.39, 0.29) is 0 Å². The number of benzene rings is 1. The fourth-order valence-electron chi connectivity index (χ4n) is 4.39. The maximum Gasteiger partial charge on any atom is 0.0963 e. The van der Waals surface area contributed by atoms with E-state index < -0.39 is 0 Å². The van der Waals surface area contributed by atoms with Gasteiger partial charge in [-0.3, -0.25) is 14.9 Å². The molecule has 0 saturated carbocycles. The Morgan fingerprint density at radius 3 is 2.43 bits per heavy atom. The van der Waals surface area contributed by atoms with Gasteiger partial charge in [0.25, 0.3) is 0 Å². The lowest BCUT2D eigenvalue weighted by Gasteiger charge is -2.34. The molecular weight excluding hydrogens is 370 g/mol. The highest BCUT2D eigenvalue weighted by atomic mass is 15.2. The highest BCUT2D eigenvalue weighted by Crippen LogP contribution is 2.35. The van der Waals surface area contributed by atoms with E-state index in [0.717, 1.165) is 48.6 Å². The van der Waals surface area contributed by atoms with Crippen LogP contribution in [0.3, 0.4) is 0 Å². The van der Waals surface area contributed by atoms with Crippen LogP contribution in [-0.4, -0.2) is 37.5 Å². The van der Waals surface area contributed by atoms with Gasteiger partial charge in [-0.15, -0.1) is 0 Å². The van der Waals surface area contributed by atoms with Gasteiger partial charge in [0.05, 0.1) is 17.7 Å². The van der Waals surface area contributed by atoms with Crippen molar-refractivity contribution in [2.24, 2.45) is 0 Å². The highest BCUT2D eigenvalue weighted by Gasteiger charge is 2.25. The summed E-state index contributed by atoms with van der Waals surface area (Å²) in [5.41, 5.74) is 5.69. The molecule has 0 aliphatic carbocycles. The minimum absolute atomic E-state index is 0.385. The lowest BCUT2D eigenvalue weighted by atomic mass is 10.0. The number of piperidine rings is 1. The Morgan fingerprint density at radius 2 is 1.67 bits per heavy atom. The van der Waals surface area contributed by atoms with Crippen molar-refractivity contribution in [2.45, 2.75) is 25.4 Å². The molecule has 1 fully saturated rings. The minimum Gasteiger partial charge on any atom is -0.326 e. The van der Waals surface area contributed by atoms with Gasteiger partial charge in [-0.25, -0.2) is 4.98 Å². The van der Waals surface area contributed by atoms with Crippen LogP contribution in [0.2, 0.25) is 0 Å². The largest absolute Gasteiger partial charge is 0.326 e. The van der Waals surface area contributed by atoms with Gasteiger partial charge in [0, 0.05) is 55.0 Å².